The van der Waals surface area contributed by atoms with Crippen molar-refractivity contribution < 1.29 is 19.0 Å². The van der Waals surface area contributed by atoms with Gasteiger partial charge in [-0.05, 0) is 49.4 Å². The fraction of sp³-hybridized carbons (Fsp3) is 0.111. The number of halogens is 1. The lowest BCUT2D eigenvalue weighted by Crippen LogP contribution is -2.03. The van der Waals surface area contributed by atoms with Crippen molar-refractivity contribution >= 4 is 28.8 Å². The lowest BCUT2D eigenvalue weighted by atomic mass is 10.2. The highest BCUT2D eigenvalue weighted by Crippen LogP contribution is 2.27. The van der Waals surface area contributed by atoms with Crippen LogP contribution in [0.1, 0.15) is 22.8 Å². The maximum atomic E-state index is 13.4. The SMILES string of the molecule is CCOC(=O)c1ccc(N=Cc2c(O)[nH]c3ccc(F)cc23)cc1. The molecule has 2 aromatic carbocycles. The second-order valence-electron chi connectivity index (χ2n) is 5.10. The van der Waals surface area contributed by atoms with Gasteiger partial charge >= 0.3 is 5.97 Å². The molecule has 0 spiro atoms. The second kappa shape index (κ2) is 6.54. The minimum atomic E-state index is -0.394. The van der Waals surface area contributed by atoms with E-state index in [0.717, 1.165) is 0 Å². The Kier molecular flexibility index (Phi) is 4.29. The van der Waals surface area contributed by atoms with Crippen molar-refractivity contribution in [2.45, 2.75) is 6.92 Å². The van der Waals surface area contributed by atoms with Crippen LogP contribution in [0.2, 0.25) is 0 Å². The number of aliphatic imine (C=N–C) groups is 1. The van der Waals surface area contributed by atoms with E-state index >= 15 is 0 Å². The van der Waals surface area contributed by atoms with Gasteiger partial charge in [0.1, 0.15) is 5.82 Å². The summed E-state index contributed by atoms with van der Waals surface area (Å²) in [6.45, 7) is 2.06. The zero-order valence-corrected chi connectivity index (χ0v) is 12.9. The van der Waals surface area contributed by atoms with Crippen molar-refractivity contribution in [3.63, 3.8) is 0 Å². The zero-order valence-electron chi connectivity index (χ0n) is 12.9. The van der Waals surface area contributed by atoms with Gasteiger partial charge in [0.25, 0.3) is 0 Å². The number of ether oxygens (including phenoxy) is 1. The molecule has 24 heavy (non-hydrogen) atoms. The number of nitrogens with one attached hydrogen (secondary N) is 1. The number of fused-ring (bicyclic) bond motifs is 1. The number of hydrogen-bond acceptors (Lipinski definition) is 4. The fourth-order valence-corrected chi connectivity index (χ4v) is 2.34. The molecule has 1 heterocycles. The molecule has 0 bridgehead atoms. The molecule has 0 unspecified atom stereocenters. The van der Waals surface area contributed by atoms with Crippen molar-refractivity contribution in [2.75, 3.05) is 6.61 Å². The molecule has 2 N–H and O–H groups in total. The molecule has 0 amide bonds. The van der Waals surface area contributed by atoms with Gasteiger partial charge in [-0.3, -0.25) is 4.99 Å². The van der Waals surface area contributed by atoms with Crippen LogP contribution in [0.25, 0.3) is 10.9 Å². The third-order valence-electron chi connectivity index (χ3n) is 3.50. The molecule has 0 saturated carbocycles. The average Bonchev–Trinajstić information content (AvgIpc) is 2.88. The standard InChI is InChI=1S/C18H15FN2O3/c1-2-24-18(23)11-3-6-13(7-4-11)20-10-15-14-9-12(19)5-8-16(14)21-17(15)22/h3-10,21-22H,2H2,1H3. The summed E-state index contributed by atoms with van der Waals surface area (Å²) in [5.41, 5.74) is 2.05. The van der Waals surface area contributed by atoms with Crippen molar-refractivity contribution in [1.82, 2.24) is 4.98 Å². The lowest BCUT2D eigenvalue weighted by Gasteiger charge is -2.01. The summed E-state index contributed by atoms with van der Waals surface area (Å²) in [6.07, 6.45) is 1.45. The topological polar surface area (TPSA) is 74.7 Å². The van der Waals surface area contributed by atoms with E-state index in [2.05, 4.69) is 9.98 Å². The Hall–Kier alpha value is -3.15. The van der Waals surface area contributed by atoms with E-state index in [1.807, 2.05) is 0 Å². The van der Waals surface area contributed by atoms with Gasteiger partial charge in [-0.15, -0.1) is 0 Å². The zero-order chi connectivity index (χ0) is 17.1. The van der Waals surface area contributed by atoms with Gasteiger partial charge < -0.3 is 14.8 Å². The third-order valence-corrected chi connectivity index (χ3v) is 3.50. The quantitative estimate of drug-likeness (QED) is 0.563. The number of aromatic amines is 1. The van der Waals surface area contributed by atoms with E-state index in [4.69, 9.17) is 4.74 Å². The first kappa shape index (κ1) is 15.7. The normalized spacial score (nSPS) is 11.2. The number of hydrogen-bond donors (Lipinski definition) is 2. The smallest absolute Gasteiger partial charge is 0.338 e. The number of aromatic hydroxyl groups is 1. The summed E-state index contributed by atoms with van der Waals surface area (Å²) in [7, 11) is 0. The fourth-order valence-electron chi connectivity index (χ4n) is 2.34. The molecular weight excluding hydrogens is 311 g/mol. The summed E-state index contributed by atoms with van der Waals surface area (Å²) >= 11 is 0. The number of aromatic nitrogens is 1. The summed E-state index contributed by atoms with van der Waals surface area (Å²) in [6, 6.07) is 10.7. The summed E-state index contributed by atoms with van der Waals surface area (Å²) in [5, 5.41) is 10.5. The summed E-state index contributed by atoms with van der Waals surface area (Å²) in [5.74, 6) is -0.866. The maximum Gasteiger partial charge on any atom is 0.338 e. The van der Waals surface area contributed by atoms with Crippen LogP contribution >= 0.6 is 0 Å². The van der Waals surface area contributed by atoms with E-state index < -0.39 is 11.8 Å². The van der Waals surface area contributed by atoms with Gasteiger partial charge in [0, 0.05) is 17.1 Å². The van der Waals surface area contributed by atoms with Crippen molar-refractivity contribution in [2.24, 2.45) is 4.99 Å². The maximum absolute atomic E-state index is 13.4. The molecule has 0 aliphatic carbocycles. The molecule has 0 saturated heterocycles. The molecule has 3 rings (SSSR count). The summed E-state index contributed by atoms with van der Waals surface area (Å²) in [4.78, 5) is 18.6. The number of H-pyrrole nitrogens is 1. The highest BCUT2D eigenvalue weighted by Gasteiger charge is 2.10. The van der Waals surface area contributed by atoms with Crippen LogP contribution < -0.4 is 0 Å². The Morgan fingerprint density at radius 3 is 2.75 bits per heavy atom. The number of esters is 1. The van der Waals surface area contributed by atoms with Crippen LogP contribution in [0, 0.1) is 5.82 Å². The Labute approximate surface area is 137 Å². The summed E-state index contributed by atoms with van der Waals surface area (Å²) < 4.78 is 18.3. The Morgan fingerprint density at radius 2 is 2.04 bits per heavy atom. The molecule has 0 aliphatic heterocycles. The molecule has 0 fully saturated rings. The lowest BCUT2D eigenvalue weighted by molar-refractivity contribution is 0.0526. The largest absolute Gasteiger partial charge is 0.494 e. The molecule has 0 aliphatic rings. The highest BCUT2D eigenvalue weighted by atomic mass is 19.1. The number of carbonyl (C=O) groups is 1. The third kappa shape index (κ3) is 3.12. The van der Waals surface area contributed by atoms with E-state index in [0.29, 0.717) is 34.3 Å². The molecule has 5 nitrogen and oxygen atoms in total. The number of carbonyl (C=O) groups excluding carboxylic acids is 1. The molecular formula is C18H15FN2O3. The van der Waals surface area contributed by atoms with Gasteiger partial charge in [0.05, 0.1) is 23.4 Å². The van der Waals surface area contributed by atoms with Crippen molar-refractivity contribution in [3.8, 4) is 5.88 Å². The number of benzene rings is 2. The first-order valence-corrected chi connectivity index (χ1v) is 7.40. The van der Waals surface area contributed by atoms with Gasteiger partial charge in [-0.2, -0.15) is 0 Å². The van der Waals surface area contributed by atoms with Crippen molar-refractivity contribution in [3.05, 3.63) is 59.4 Å². The second-order valence-corrected chi connectivity index (χ2v) is 5.10. The Balaban J connectivity index is 1.87. The predicted molar refractivity (Wildman–Crippen MR) is 89.6 cm³/mol. The molecule has 6 heteroatoms. The monoisotopic (exact) mass is 326 g/mol. The highest BCUT2D eigenvalue weighted by molar-refractivity contribution is 6.02. The van der Waals surface area contributed by atoms with Crippen molar-refractivity contribution in [1.29, 1.82) is 0 Å². The van der Waals surface area contributed by atoms with E-state index in [1.165, 1.54) is 18.3 Å². The molecule has 0 atom stereocenters. The minimum Gasteiger partial charge on any atom is -0.494 e. The Bertz CT molecular complexity index is 914. The molecule has 0 radical (unpaired) electrons. The molecule has 122 valence electrons. The minimum absolute atomic E-state index is 0.0810. The number of rotatable bonds is 4. The van der Waals surface area contributed by atoms with Crippen LogP contribution in [0.3, 0.4) is 0 Å². The number of nitrogens with zero attached hydrogens (tertiary/aromatic N) is 1. The Morgan fingerprint density at radius 1 is 1.29 bits per heavy atom. The first-order valence-electron chi connectivity index (χ1n) is 7.40. The molecule has 1 aromatic heterocycles. The molecule has 3 aromatic rings. The van der Waals surface area contributed by atoms with E-state index in [-0.39, 0.29) is 5.88 Å². The predicted octanol–water partition coefficient (Wildman–Crippen LogP) is 3.94. The van der Waals surface area contributed by atoms with Crippen LogP contribution in [0.15, 0.2) is 47.5 Å². The van der Waals surface area contributed by atoms with Gasteiger partial charge in [0.2, 0.25) is 0 Å². The van der Waals surface area contributed by atoms with E-state index in [1.54, 1.807) is 37.3 Å². The van der Waals surface area contributed by atoms with Crippen LogP contribution in [-0.4, -0.2) is 28.9 Å². The van der Waals surface area contributed by atoms with E-state index in [9.17, 15) is 14.3 Å². The van der Waals surface area contributed by atoms with Gasteiger partial charge in [-0.25, -0.2) is 9.18 Å². The first-order chi connectivity index (χ1) is 11.6. The van der Waals surface area contributed by atoms with Crippen LogP contribution in [-0.2, 0) is 4.74 Å². The van der Waals surface area contributed by atoms with Crippen LogP contribution in [0.4, 0.5) is 10.1 Å². The van der Waals surface area contributed by atoms with Crippen LogP contribution in [0.5, 0.6) is 5.88 Å². The van der Waals surface area contributed by atoms with Gasteiger partial charge in [-0.1, -0.05) is 0 Å². The average molecular weight is 326 g/mol. The van der Waals surface area contributed by atoms with Gasteiger partial charge in [0.15, 0.2) is 5.88 Å².